The summed E-state index contributed by atoms with van der Waals surface area (Å²) in [5.41, 5.74) is 0.524. The Bertz CT molecular complexity index is 842. The molecule has 4 heterocycles. The highest BCUT2D eigenvalue weighted by Gasteiger charge is 2.24. The molecule has 24 heavy (non-hydrogen) atoms. The van der Waals surface area contributed by atoms with E-state index in [1.165, 1.54) is 6.33 Å². The van der Waals surface area contributed by atoms with Gasteiger partial charge in [0.05, 0.1) is 19.8 Å². The Morgan fingerprint density at radius 1 is 1.33 bits per heavy atom. The molecule has 0 saturated carbocycles. The molecule has 0 bridgehead atoms. The fourth-order valence-electron chi connectivity index (χ4n) is 2.61. The summed E-state index contributed by atoms with van der Waals surface area (Å²) in [4.78, 5) is 24.1. The standard InChI is InChI=1S/C15H15N5O3S/c21-14(16-8-10-2-1-7-24-10)12-11-13(20-3-5-22-6-4-20)17-9-18-15(11)23-19-12/h1-2,7,9H,3-6,8H2,(H,16,21). The average Bonchev–Trinajstić information content (AvgIpc) is 3.30. The van der Waals surface area contributed by atoms with Crippen molar-refractivity contribution in [2.24, 2.45) is 0 Å². The van der Waals surface area contributed by atoms with Crippen LogP contribution >= 0.6 is 11.3 Å². The number of rotatable bonds is 4. The molecular weight excluding hydrogens is 330 g/mol. The fraction of sp³-hybridized carbons (Fsp3) is 0.333. The minimum atomic E-state index is -0.300. The molecule has 1 aliphatic heterocycles. The number of aromatic nitrogens is 3. The second-order valence-electron chi connectivity index (χ2n) is 5.27. The van der Waals surface area contributed by atoms with Gasteiger partial charge in [-0.25, -0.2) is 4.98 Å². The lowest BCUT2D eigenvalue weighted by atomic mass is 10.2. The Kier molecular flexibility index (Phi) is 4.09. The summed E-state index contributed by atoms with van der Waals surface area (Å²) in [6.45, 7) is 3.10. The number of thiophene rings is 1. The Balaban J connectivity index is 1.64. The highest BCUT2D eigenvalue weighted by Crippen LogP contribution is 2.27. The second kappa shape index (κ2) is 6.54. The number of fused-ring (bicyclic) bond motifs is 1. The van der Waals surface area contributed by atoms with E-state index in [2.05, 4.69) is 25.3 Å². The topological polar surface area (TPSA) is 93.4 Å². The number of ether oxygens (including phenoxy) is 1. The van der Waals surface area contributed by atoms with Gasteiger partial charge in [-0.1, -0.05) is 11.2 Å². The summed E-state index contributed by atoms with van der Waals surface area (Å²) in [6, 6.07) is 3.91. The van der Waals surface area contributed by atoms with E-state index < -0.39 is 0 Å². The van der Waals surface area contributed by atoms with Gasteiger partial charge in [-0.05, 0) is 11.4 Å². The van der Waals surface area contributed by atoms with Crippen molar-refractivity contribution in [1.82, 2.24) is 20.4 Å². The minimum Gasteiger partial charge on any atom is -0.378 e. The maximum absolute atomic E-state index is 12.5. The molecule has 3 aromatic rings. The van der Waals surface area contributed by atoms with Gasteiger partial charge in [0.1, 0.15) is 17.5 Å². The van der Waals surface area contributed by atoms with Gasteiger partial charge >= 0.3 is 0 Å². The molecule has 124 valence electrons. The highest BCUT2D eigenvalue weighted by molar-refractivity contribution is 7.09. The van der Waals surface area contributed by atoms with Crippen LogP contribution in [0.2, 0.25) is 0 Å². The number of amides is 1. The first-order valence-electron chi connectivity index (χ1n) is 7.56. The quantitative estimate of drug-likeness (QED) is 0.765. The number of anilines is 1. The molecule has 1 fully saturated rings. The zero-order chi connectivity index (χ0) is 16.4. The van der Waals surface area contributed by atoms with Crippen LogP contribution in [0.4, 0.5) is 5.82 Å². The summed E-state index contributed by atoms with van der Waals surface area (Å²) < 4.78 is 10.6. The van der Waals surface area contributed by atoms with Crippen molar-refractivity contribution in [2.45, 2.75) is 6.54 Å². The summed E-state index contributed by atoms with van der Waals surface area (Å²) in [5.74, 6) is 0.359. The number of carbonyl (C=O) groups excluding carboxylic acids is 1. The van der Waals surface area contributed by atoms with Crippen molar-refractivity contribution < 1.29 is 14.1 Å². The van der Waals surface area contributed by atoms with Crippen LogP contribution in [0.1, 0.15) is 15.4 Å². The number of nitrogens with one attached hydrogen (secondary N) is 1. The molecule has 1 amide bonds. The van der Waals surface area contributed by atoms with Gasteiger partial charge in [-0.3, -0.25) is 4.79 Å². The number of carbonyl (C=O) groups is 1. The summed E-state index contributed by atoms with van der Waals surface area (Å²) in [7, 11) is 0. The first kappa shape index (κ1) is 15.0. The first-order chi connectivity index (χ1) is 11.8. The van der Waals surface area contributed by atoms with Crippen molar-refractivity contribution in [2.75, 3.05) is 31.2 Å². The molecule has 0 aliphatic carbocycles. The lowest BCUT2D eigenvalue weighted by molar-refractivity contribution is 0.0944. The van der Waals surface area contributed by atoms with Crippen LogP contribution in [0.25, 0.3) is 11.1 Å². The van der Waals surface area contributed by atoms with E-state index in [1.807, 2.05) is 17.5 Å². The number of hydrogen-bond donors (Lipinski definition) is 1. The zero-order valence-electron chi connectivity index (χ0n) is 12.8. The molecule has 0 unspecified atom stereocenters. The molecule has 1 aliphatic rings. The number of nitrogens with zero attached hydrogens (tertiary/aromatic N) is 4. The largest absolute Gasteiger partial charge is 0.378 e. The Morgan fingerprint density at radius 3 is 3.00 bits per heavy atom. The van der Waals surface area contributed by atoms with Gasteiger partial charge in [0.2, 0.25) is 0 Å². The maximum Gasteiger partial charge on any atom is 0.274 e. The van der Waals surface area contributed by atoms with E-state index >= 15 is 0 Å². The van der Waals surface area contributed by atoms with E-state index in [1.54, 1.807) is 11.3 Å². The van der Waals surface area contributed by atoms with E-state index in [9.17, 15) is 4.79 Å². The molecule has 9 heteroatoms. The third-order valence-corrected chi connectivity index (χ3v) is 4.66. The average molecular weight is 345 g/mol. The molecular formula is C15H15N5O3S. The van der Waals surface area contributed by atoms with Gasteiger partial charge in [-0.2, -0.15) is 4.98 Å². The maximum atomic E-state index is 12.5. The van der Waals surface area contributed by atoms with E-state index in [0.29, 0.717) is 49.8 Å². The third-order valence-electron chi connectivity index (χ3n) is 3.78. The molecule has 1 saturated heterocycles. The molecule has 3 aromatic heterocycles. The first-order valence-corrected chi connectivity index (χ1v) is 8.44. The van der Waals surface area contributed by atoms with Crippen LogP contribution in [0.3, 0.4) is 0 Å². The molecule has 0 atom stereocenters. The molecule has 0 radical (unpaired) electrons. The van der Waals surface area contributed by atoms with Crippen LogP contribution in [-0.2, 0) is 11.3 Å². The van der Waals surface area contributed by atoms with Crippen LogP contribution in [0.15, 0.2) is 28.4 Å². The summed E-state index contributed by atoms with van der Waals surface area (Å²) in [5, 5.41) is 9.28. The van der Waals surface area contributed by atoms with Gasteiger partial charge < -0.3 is 19.5 Å². The Morgan fingerprint density at radius 2 is 2.21 bits per heavy atom. The predicted octanol–water partition coefficient (Wildman–Crippen LogP) is 1.45. The fourth-order valence-corrected chi connectivity index (χ4v) is 3.25. The molecule has 0 spiro atoms. The zero-order valence-corrected chi connectivity index (χ0v) is 13.6. The van der Waals surface area contributed by atoms with Gasteiger partial charge in [0.25, 0.3) is 11.6 Å². The SMILES string of the molecule is O=C(NCc1cccs1)c1noc2ncnc(N3CCOCC3)c12. The smallest absolute Gasteiger partial charge is 0.274 e. The van der Waals surface area contributed by atoms with Crippen molar-refractivity contribution in [3.05, 3.63) is 34.4 Å². The van der Waals surface area contributed by atoms with Crippen LogP contribution < -0.4 is 10.2 Å². The third kappa shape index (κ3) is 2.83. The minimum absolute atomic E-state index is 0.212. The van der Waals surface area contributed by atoms with Gasteiger partial charge in [-0.15, -0.1) is 11.3 Å². The van der Waals surface area contributed by atoms with Crippen LogP contribution in [0.5, 0.6) is 0 Å². The monoisotopic (exact) mass is 345 g/mol. The van der Waals surface area contributed by atoms with Gasteiger partial charge in [0.15, 0.2) is 5.69 Å². The van der Waals surface area contributed by atoms with Gasteiger partial charge in [0, 0.05) is 18.0 Å². The normalized spacial score (nSPS) is 14.9. The molecule has 1 N–H and O–H groups in total. The van der Waals surface area contributed by atoms with E-state index in [4.69, 9.17) is 9.26 Å². The molecule has 8 nitrogen and oxygen atoms in total. The number of morpholine rings is 1. The Hall–Kier alpha value is -2.52. The molecule has 0 aromatic carbocycles. The van der Waals surface area contributed by atoms with Crippen LogP contribution in [0, 0.1) is 0 Å². The lowest BCUT2D eigenvalue weighted by Crippen LogP contribution is -2.37. The van der Waals surface area contributed by atoms with Crippen molar-refractivity contribution >= 4 is 34.2 Å². The molecule has 4 rings (SSSR count). The predicted molar refractivity (Wildman–Crippen MR) is 88.1 cm³/mol. The second-order valence-corrected chi connectivity index (χ2v) is 6.30. The van der Waals surface area contributed by atoms with E-state index in [0.717, 1.165) is 4.88 Å². The van der Waals surface area contributed by atoms with Crippen molar-refractivity contribution in [1.29, 1.82) is 0 Å². The lowest BCUT2D eigenvalue weighted by Gasteiger charge is -2.27. The summed E-state index contributed by atoms with van der Waals surface area (Å²) in [6.07, 6.45) is 1.42. The summed E-state index contributed by atoms with van der Waals surface area (Å²) >= 11 is 1.59. The Labute approximate surface area is 141 Å². The van der Waals surface area contributed by atoms with Crippen LogP contribution in [-0.4, -0.2) is 47.3 Å². The van der Waals surface area contributed by atoms with Crippen molar-refractivity contribution in [3.63, 3.8) is 0 Å². The van der Waals surface area contributed by atoms with E-state index in [-0.39, 0.29) is 11.6 Å². The highest BCUT2D eigenvalue weighted by atomic mass is 32.1. The number of hydrogen-bond acceptors (Lipinski definition) is 8. The van der Waals surface area contributed by atoms with Crippen molar-refractivity contribution in [3.8, 4) is 0 Å².